The first kappa shape index (κ1) is 24.9. The number of ether oxygens (including phenoxy) is 1. The topological polar surface area (TPSA) is 74.2 Å². The third kappa shape index (κ3) is 4.68. The number of hydrogen-bond donors (Lipinski definition) is 2. The molecule has 0 unspecified atom stereocenters. The number of rotatable bonds is 3. The van der Waals surface area contributed by atoms with Gasteiger partial charge in [-0.25, -0.2) is 8.78 Å². The van der Waals surface area contributed by atoms with Crippen LogP contribution in [-0.2, 0) is 12.8 Å². The molecule has 33 heavy (non-hydrogen) atoms. The molecule has 1 aromatic heterocycles. The van der Waals surface area contributed by atoms with E-state index in [0.29, 0.717) is 16.5 Å². The van der Waals surface area contributed by atoms with Crippen molar-refractivity contribution < 1.29 is 27.1 Å². The summed E-state index contributed by atoms with van der Waals surface area (Å²) in [5.74, 6) is -9.85. The largest absolute Gasteiger partial charge is 0.491 e. The van der Waals surface area contributed by atoms with E-state index in [1.54, 1.807) is 0 Å². The first-order valence-electron chi connectivity index (χ1n) is 9.97. The molecule has 1 aliphatic rings. The van der Waals surface area contributed by atoms with Crippen molar-refractivity contribution in [3.8, 4) is 11.8 Å². The highest BCUT2D eigenvalue weighted by Crippen LogP contribution is 2.44. The lowest BCUT2D eigenvalue weighted by molar-refractivity contribution is 0.0966. The number of nitriles is 1. The molecule has 1 atom stereocenters. The number of methoxy groups -OCH3 is 1. The summed E-state index contributed by atoms with van der Waals surface area (Å²) in [4.78, 5) is 13.4. The van der Waals surface area contributed by atoms with E-state index in [9.17, 15) is 27.6 Å². The number of benzene rings is 1. The Morgan fingerprint density at radius 3 is 2.30 bits per heavy atom. The minimum atomic E-state index is -1.91. The summed E-state index contributed by atoms with van der Waals surface area (Å²) >= 11 is 6.36. The summed E-state index contributed by atoms with van der Waals surface area (Å²) < 4.78 is 60.5. The number of anilines is 1. The highest BCUT2D eigenvalue weighted by Gasteiger charge is 2.33. The Hall–Kier alpha value is -2.71. The summed E-state index contributed by atoms with van der Waals surface area (Å²) in [6.45, 7) is 6.48. The first-order valence-corrected chi connectivity index (χ1v) is 11.2. The number of halogens is 4. The van der Waals surface area contributed by atoms with Gasteiger partial charge in [0.2, 0.25) is 11.6 Å². The molecule has 2 aromatic rings. The molecule has 3 rings (SSSR count). The quantitative estimate of drug-likeness (QED) is 0.333. The van der Waals surface area contributed by atoms with Crippen molar-refractivity contribution >= 4 is 39.6 Å². The second kappa shape index (κ2) is 9.27. The fraction of sp³-hybridized carbons (Fsp3) is 0.409. The van der Waals surface area contributed by atoms with Crippen LogP contribution >= 0.6 is 23.6 Å². The lowest BCUT2D eigenvalue weighted by Crippen LogP contribution is -2.35. The van der Waals surface area contributed by atoms with Crippen LogP contribution in [-0.4, -0.2) is 18.1 Å². The number of nitrogens with zero attached hydrogens (tertiary/aromatic N) is 1. The molecular formula is C22H21F4N3O2S2. The van der Waals surface area contributed by atoms with Crippen LogP contribution in [0.3, 0.4) is 0 Å². The average molecular weight is 500 g/mol. The SMILES string of the molecule is COc1c(F)c(F)c(C(=O)NC(=S)Nc2sc3c(c2C#N)CC[C@H](C(C)(C)C)C3)c(F)c1F. The Morgan fingerprint density at radius 1 is 1.18 bits per heavy atom. The first-order chi connectivity index (χ1) is 15.4. The van der Waals surface area contributed by atoms with E-state index in [0.717, 1.165) is 36.8 Å². The summed E-state index contributed by atoms with van der Waals surface area (Å²) in [7, 11) is 0.830. The van der Waals surface area contributed by atoms with E-state index in [1.165, 1.54) is 11.3 Å². The zero-order valence-electron chi connectivity index (χ0n) is 18.3. The molecule has 5 nitrogen and oxygen atoms in total. The number of carbonyl (C=O) groups excluding carboxylic acids is 1. The normalized spacial score (nSPS) is 15.4. The maximum Gasteiger partial charge on any atom is 0.263 e. The number of hydrogen-bond acceptors (Lipinski definition) is 5. The molecule has 1 heterocycles. The van der Waals surface area contributed by atoms with E-state index in [-0.39, 0.29) is 10.5 Å². The second-order valence-electron chi connectivity index (χ2n) is 8.70. The molecule has 2 N–H and O–H groups in total. The van der Waals surface area contributed by atoms with E-state index in [2.05, 4.69) is 36.9 Å². The summed E-state index contributed by atoms with van der Waals surface area (Å²) in [6.07, 6.45) is 2.44. The van der Waals surface area contributed by atoms with Crippen molar-refractivity contribution in [3.05, 3.63) is 44.8 Å². The van der Waals surface area contributed by atoms with Crippen molar-refractivity contribution in [2.75, 3.05) is 12.4 Å². The third-order valence-corrected chi connectivity index (χ3v) is 7.08. The minimum Gasteiger partial charge on any atom is -0.491 e. The smallest absolute Gasteiger partial charge is 0.263 e. The Bertz CT molecular complexity index is 1150. The molecule has 0 saturated heterocycles. The monoisotopic (exact) mass is 499 g/mol. The summed E-state index contributed by atoms with van der Waals surface area (Å²) in [5.41, 5.74) is -0.0783. The molecule has 0 fully saturated rings. The van der Waals surface area contributed by atoms with Crippen molar-refractivity contribution in [1.82, 2.24) is 5.32 Å². The fourth-order valence-corrected chi connectivity index (χ4v) is 5.36. The van der Waals surface area contributed by atoms with Gasteiger partial charge in [-0.1, -0.05) is 20.8 Å². The maximum absolute atomic E-state index is 14.2. The van der Waals surface area contributed by atoms with Gasteiger partial charge in [-0.15, -0.1) is 11.3 Å². The molecule has 0 bridgehead atoms. The van der Waals surface area contributed by atoms with Crippen LogP contribution in [0.5, 0.6) is 5.75 Å². The molecule has 1 amide bonds. The van der Waals surface area contributed by atoms with Gasteiger partial charge in [0, 0.05) is 4.88 Å². The zero-order valence-corrected chi connectivity index (χ0v) is 19.9. The van der Waals surface area contributed by atoms with E-state index < -0.39 is 40.5 Å². The molecule has 1 aromatic carbocycles. The Kier molecular flexibility index (Phi) is 7.00. The highest BCUT2D eigenvalue weighted by molar-refractivity contribution is 7.80. The van der Waals surface area contributed by atoms with Gasteiger partial charge < -0.3 is 10.1 Å². The Labute approximate surface area is 197 Å². The van der Waals surface area contributed by atoms with Crippen molar-refractivity contribution in [1.29, 1.82) is 5.26 Å². The molecule has 1 aliphatic carbocycles. The maximum atomic E-state index is 14.2. The number of fused-ring (bicyclic) bond motifs is 1. The lowest BCUT2D eigenvalue weighted by atomic mass is 9.72. The van der Waals surface area contributed by atoms with Crippen LogP contribution in [0.15, 0.2) is 0 Å². The van der Waals surface area contributed by atoms with Crippen molar-refractivity contribution in [2.45, 2.75) is 40.0 Å². The Balaban J connectivity index is 1.82. The molecule has 0 saturated carbocycles. The summed E-state index contributed by atoms with van der Waals surface area (Å²) in [5, 5.41) is 14.4. The number of carbonyl (C=O) groups is 1. The standard InChI is InChI=1S/C22H21F4N3O2S2/c1-22(2,3)9-5-6-10-11(8-27)20(33-12(10)7-9)29-21(32)28-19(30)13-14(23)16(25)18(31-4)17(26)15(13)24/h9H,5-7H2,1-4H3,(H2,28,29,30,32)/t9-/m0/s1. The molecule has 0 spiro atoms. The Morgan fingerprint density at radius 2 is 1.79 bits per heavy atom. The van der Waals surface area contributed by atoms with Gasteiger partial charge in [-0.2, -0.15) is 14.0 Å². The van der Waals surface area contributed by atoms with Gasteiger partial charge in [0.15, 0.2) is 22.5 Å². The van der Waals surface area contributed by atoms with Crippen LogP contribution in [0.25, 0.3) is 0 Å². The zero-order chi connectivity index (χ0) is 24.7. The predicted octanol–water partition coefficient (Wildman–Crippen LogP) is 5.46. The number of thiocarbonyl (C=S) groups is 1. The van der Waals surface area contributed by atoms with Gasteiger partial charge >= 0.3 is 0 Å². The van der Waals surface area contributed by atoms with Crippen LogP contribution < -0.4 is 15.4 Å². The average Bonchev–Trinajstić information content (AvgIpc) is 3.08. The molecule has 176 valence electrons. The summed E-state index contributed by atoms with van der Waals surface area (Å²) in [6, 6.07) is 2.14. The molecular weight excluding hydrogens is 478 g/mol. The van der Waals surface area contributed by atoms with Crippen LogP contribution in [0.4, 0.5) is 22.6 Å². The van der Waals surface area contributed by atoms with Crippen molar-refractivity contribution in [2.24, 2.45) is 11.3 Å². The van der Waals surface area contributed by atoms with Gasteiger partial charge in [0.1, 0.15) is 16.6 Å². The van der Waals surface area contributed by atoms with E-state index >= 15 is 0 Å². The second-order valence-corrected chi connectivity index (χ2v) is 10.2. The number of thiophene rings is 1. The molecule has 11 heteroatoms. The molecule has 0 aliphatic heterocycles. The van der Waals surface area contributed by atoms with Gasteiger partial charge in [-0.05, 0) is 48.4 Å². The number of nitrogens with one attached hydrogen (secondary N) is 2. The minimum absolute atomic E-state index is 0.0996. The lowest BCUT2D eigenvalue weighted by Gasteiger charge is -2.33. The van der Waals surface area contributed by atoms with Crippen molar-refractivity contribution in [3.63, 3.8) is 0 Å². The highest BCUT2D eigenvalue weighted by atomic mass is 32.1. The van der Waals surface area contributed by atoms with Crippen LogP contribution in [0.1, 0.15) is 53.6 Å². The van der Waals surface area contributed by atoms with Gasteiger partial charge in [0.05, 0.1) is 12.7 Å². The van der Waals surface area contributed by atoms with Crippen LogP contribution in [0, 0.1) is 45.9 Å². The fourth-order valence-electron chi connectivity index (χ4n) is 3.82. The third-order valence-electron chi connectivity index (χ3n) is 5.71. The molecule has 0 radical (unpaired) electrons. The predicted molar refractivity (Wildman–Crippen MR) is 121 cm³/mol. The van der Waals surface area contributed by atoms with E-state index in [4.69, 9.17) is 12.2 Å². The van der Waals surface area contributed by atoms with E-state index in [1.807, 2.05) is 5.32 Å². The van der Waals surface area contributed by atoms with Gasteiger partial charge in [0.25, 0.3) is 5.91 Å². The van der Waals surface area contributed by atoms with Crippen LogP contribution in [0.2, 0.25) is 0 Å². The van der Waals surface area contributed by atoms with Gasteiger partial charge in [-0.3, -0.25) is 10.1 Å². The number of amides is 1.